The molecule has 0 amide bonds. The van der Waals surface area contributed by atoms with Crippen molar-refractivity contribution in [1.29, 1.82) is 0 Å². The number of likely N-dealkylation sites (tertiary alicyclic amines) is 1. The zero-order chi connectivity index (χ0) is 14.3. The highest BCUT2D eigenvalue weighted by Gasteiger charge is 2.35. The van der Waals surface area contributed by atoms with E-state index in [2.05, 4.69) is 20.8 Å². The molecule has 2 aliphatic heterocycles. The van der Waals surface area contributed by atoms with Gasteiger partial charge in [0, 0.05) is 22.6 Å². The summed E-state index contributed by atoms with van der Waals surface area (Å²) in [5, 5.41) is 0. The molecule has 0 bridgehead atoms. The molecule has 1 aromatic rings. The van der Waals surface area contributed by atoms with Gasteiger partial charge in [0.2, 0.25) is 0 Å². The van der Waals surface area contributed by atoms with Crippen LogP contribution in [-0.2, 0) is 0 Å². The molecule has 2 aliphatic rings. The van der Waals surface area contributed by atoms with Crippen LogP contribution < -0.4 is 15.2 Å². The third kappa shape index (κ3) is 2.29. The summed E-state index contributed by atoms with van der Waals surface area (Å²) in [6, 6.07) is 1.82. The predicted molar refractivity (Wildman–Crippen MR) is 77.6 cm³/mol. The highest BCUT2D eigenvalue weighted by atomic mass is 79.9. The monoisotopic (exact) mass is 344 g/mol. The molecule has 6 heteroatoms. The fourth-order valence-corrected chi connectivity index (χ4v) is 3.70. The highest BCUT2D eigenvalue weighted by Crippen LogP contribution is 2.45. The Bertz CT molecular complexity index is 526. The first-order chi connectivity index (χ1) is 9.61. The van der Waals surface area contributed by atoms with Crippen molar-refractivity contribution in [3.05, 3.63) is 21.9 Å². The normalized spacial score (nSPS) is 26.0. The average Bonchev–Trinajstić information content (AvgIpc) is 2.80. The number of benzene rings is 1. The third-order valence-electron chi connectivity index (χ3n) is 4.06. The van der Waals surface area contributed by atoms with Crippen molar-refractivity contribution in [2.45, 2.75) is 12.5 Å². The molecule has 1 fully saturated rings. The molecule has 4 nitrogen and oxygen atoms in total. The van der Waals surface area contributed by atoms with Crippen molar-refractivity contribution in [2.24, 2.45) is 11.7 Å². The lowest BCUT2D eigenvalue weighted by atomic mass is 9.99. The van der Waals surface area contributed by atoms with Gasteiger partial charge in [0.25, 0.3) is 0 Å². The lowest BCUT2D eigenvalue weighted by Gasteiger charge is -2.25. The van der Waals surface area contributed by atoms with Crippen LogP contribution in [0.5, 0.6) is 11.5 Å². The number of hydrogen-bond donors (Lipinski definition) is 1. The maximum atomic E-state index is 14.8. The summed E-state index contributed by atoms with van der Waals surface area (Å²) in [6.45, 7) is 2.36. The topological polar surface area (TPSA) is 47.7 Å². The molecule has 2 unspecified atom stereocenters. The number of rotatable bonds is 2. The van der Waals surface area contributed by atoms with Crippen molar-refractivity contribution in [3.8, 4) is 11.5 Å². The lowest BCUT2D eigenvalue weighted by molar-refractivity contribution is 0.162. The van der Waals surface area contributed by atoms with E-state index < -0.39 is 0 Å². The molecule has 20 heavy (non-hydrogen) atoms. The SMILES string of the molecule is CN1CC(CN)CC1c1c(Br)cc2c(c1F)OCCO2. The first kappa shape index (κ1) is 14.1. The number of hydrogen-bond acceptors (Lipinski definition) is 4. The van der Waals surface area contributed by atoms with Crippen LogP contribution >= 0.6 is 15.9 Å². The van der Waals surface area contributed by atoms with E-state index in [1.165, 1.54) is 0 Å². The number of ether oxygens (including phenoxy) is 2. The second-order valence-electron chi connectivity index (χ2n) is 5.40. The van der Waals surface area contributed by atoms with Crippen LogP contribution in [-0.4, -0.2) is 38.3 Å². The van der Waals surface area contributed by atoms with Gasteiger partial charge in [-0.3, -0.25) is 4.90 Å². The predicted octanol–water partition coefficient (Wildman–Crippen LogP) is 2.31. The van der Waals surface area contributed by atoms with Crippen LogP contribution in [0.2, 0.25) is 0 Å². The molecule has 2 heterocycles. The van der Waals surface area contributed by atoms with E-state index in [0.29, 0.717) is 37.0 Å². The zero-order valence-electron chi connectivity index (χ0n) is 11.4. The fraction of sp³-hybridized carbons (Fsp3) is 0.571. The van der Waals surface area contributed by atoms with E-state index >= 15 is 0 Å². The second kappa shape index (κ2) is 5.50. The zero-order valence-corrected chi connectivity index (χ0v) is 13.0. The van der Waals surface area contributed by atoms with Crippen molar-refractivity contribution in [2.75, 3.05) is 33.4 Å². The molecule has 0 aromatic heterocycles. The molecular formula is C14H18BrFN2O2. The number of nitrogens with two attached hydrogens (primary N) is 1. The van der Waals surface area contributed by atoms with E-state index in [1.54, 1.807) is 6.07 Å². The number of fused-ring (bicyclic) bond motifs is 1. The molecule has 0 saturated carbocycles. The maximum Gasteiger partial charge on any atom is 0.197 e. The van der Waals surface area contributed by atoms with Crippen LogP contribution in [0.4, 0.5) is 4.39 Å². The van der Waals surface area contributed by atoms with Crippen LogP contribution in [0.3, 0.4) is 0 Å². The highest BCUT2D eigenvalue weighted by molar-refractivity contribution is 9.10. The van der Waals surface area contributed by atoms with Gasteiger partial charge in [-0.1, -0.05) is 15.9 Å². The number of nitrogens with zero attached hydrogens (tertiary/aromatic N) is 1. The van der Waals surface area contributed by atoms with Gasteiger partial charge in [-0.15, -0.1) is 0 Å². The molecular weight excluding hydrogens is 327 g/mol. The minimum absolute atomic E-state index is 0.0220. The molecule has 0 aliphatic carbocycles. The Morgan fingerprint density at radius 2 is 2.20 bits per heavy atom. The van der Waals surface area contributed by atoms with Gasteiger partial charge in [0.1, 0.15) is 13.2 Å². The van der Waals surface area contributed by atoms with Gasteiger partial charge < -0.3 is 15.2 Å². The molecule has 3 rings (SSSR count). The largest absolute Gasteiger partial charge is 0.486 e. The lowest BCUT2D eigenvalue weighted by Crippen LogP contribution is -2.22. The molecule has 2 atom stereocenters. The van der Waals surface area contributed by atoms with Crippen molar-refractivity contribution in [1.82, 2.24) is 4.90 Å². The summed E-state index contributed by atoms with van der Waals surface area (Å²) in [6.07, 6.45) is 0.863. The first-order valence-corrected chi connectivity index (χ1v) is 7.59. The smallest absolute Gasteiger partial charge is 0.197 e. The Kier molecular flexibility index (Phi) is 3.88. The Morgan fingerprint density at radius 1 is 1.45 bits per heavy atom. The molecule has 0 spiro atoms. The van der Waals surface area contributed by atoms with Crippen LogP contribution in [0.25, 0.3) is 0 Å². The first-order valence-electron chi connectivity index (χ1n) is 6.79. The Balaban J connectivity index is 2.01. The molecule has 110 valence electrons. The molecule has 2 N–H and O–H groups in total. The van der Waals surface area contributed by atoms with E-state index in [0.717, 1.165) is 17.4 Å². The molecule has 1 saturated heterocycles. The van der Waals surface area contributed by atoms with E-state index in [1.807, 2.05) is 7.05 Å². The Morgan fingerprint density at radius 3 is 2.90 bits per heavy atom. The van der Waals surface area contributed by atoms with Gasteiger partial charge in [-0.2, -0.15) is 0 Å². The molecule has 0 radical (unpaired) electrons. The summed E-state index contributed by atoms with van der Waals surface area (Å²) < 4.78 is 26.4. The average molecular weight is 345 g/mol. The van der Waals surface area contributed by atoms with Gasteiger partial charge in [-0.05, 0) is 32.0 Å². The third-order valence-corrected chi connectivity index (χ3v) is 4.72. The van der Waals surface area contributed by atoms with Crippen molar-refractivity contribution < 1.29 is 13.9 Å². The van der Waals surface area contributed by atoms with Crippen molar-refractivity contribution >= 4 is 15.9 Å². The fourth-order valence-electron chi connectivity index (χ4n) is 3.05. The summed E-state index contributed by atoms with van der Waals surface area (Å²) >= 11 is 3.47. The van der Waals surface area contributed by atoms with Gasteiger partial charge >= 0.3 is 0 Å². The maximum absolute atomic E-state index is 14.8. The summed E-state index contributed by atoms with van der Waals surface area (Å²) in [5.74, 6) is 0.799. The summed E-state index contributed by atoms with van der Waals surface area (Å²) in [4.78, 5) is 2.15. The van der Waals surface area contributed by atoms with Gasteiger partial charge in [0.15, 0.2) is 17.3 Å². The van der Waals surface area contributed by atoms with Crippen molar-refractivity contribution in [3.63, 3.8) is 0 Å². The standard InChI is InChI=1S/C14H18BrFN2O2/c1-18-7-8(6-17)4-10(18)12-9(15)5-11-14(13(12)16)20-3-2-19-11/h5,8,10H,2-4,6-7,17H2,1H3. The Hall–Kier alpha value is -0.850. The quantitative estimate of drug-likeness (QED) is 0.894. The van der Waals surface area contributed by atoms with E-state index in [-0.39, 0.29) is 17.6 Å². The number of halogens is 2. The van der Waals surface area contributed by atoms with Gasteiger partial charge in [0.05, 0.1) is 0 Å². The summed E-state index contributed by atoms with van der Waals surface area (Å²) in [5.41, 5.74) is 6.39. The molecule has 1 aromatic carbocycles. The van der Waals surface area contributed by atoms with Crippen LogP contribution in [0.15, 0.2) is 10.5 Å². The van der Waals surface area contributed by atoms with E-state index in [4.69, 9.17) is 15.2 Å². The van der Waals surface area contributed by atoms with E-state index in [9.17, 15) is 4.39 Å². The van der Waals surface area contributed by atoms with Gasteiger partial charge in [-0.25, -0.2) is 4.39 Å². The minimum Gasteiger partial charge on any atom is -0.486 e. The van der Waals surface area contributed by atoms with Crippen LogP contribution in [0, 0.1) is 11.7 Å². The summed E-state index contributed by atoms with van der Waals surface area (Å²) in [7, 11) is 2.00. The van der Waals surface area contributed by atoms with Crippen LogP contribution in [0.1, 0.15) is 18.0 Å². The Labute approximate surface area is 126 Å². The minimum atomic E-state index is -0.316. The second-order valence-corrected chi connectivity index (χ2v) is 6.26.